The molecule has 0 fully saturated rings. The van der Waals surface area contributed by atoms with Crippen molar-refractivity contribution in [3.05, 3.63) is 68.2 Å². The van der Waals surface area contributed by atoms with E-state index in [1.165, 1.54) is 19.9 Å². The third-order valence-electron chi connectivity index (χ3n) is 4.67. The zero-order valence-electron chi connectivity index (χ0n) is 15.7. The second kappa shape index (κ2) is 8.00. The molecule has 0 saturated carbocycles. The van der Waals surface area contributed by atoms with Crippen molar-refractivity contribution in [2.24, 2.45) is 0 Å². The van der Waals surface area contributed by atoms with Crippen molar-refractivity contribution >= 4 is 40.6 Å². The van der Waals surface area contributed by atoms with E-state index in [1.54, 1.807) is 23.1 Å². The molecule has 0 radical (unpaired) electrons. The molecule has 3 rings (SSSR count). The second-order valence-corrected chi connectivity index (χ2v) is 7.03. The molecule has 0 aromatic heterocycles. The van der Waals surface area contributed by atoms with Crippen LogP contribution in [0.2, 0.25) is 5.02 Å². The predicted molar refractivity (Wildman–Crippen MR) is 105 cm³/mol. The number of fused-ring (bicyclic) bond motifs is 1. The van der Waals surface area contributed by atoms with Gasteiger partial charge in [0.1, 0.15) is 5.56 Å². The van der Waals surface area contributed by atoms with Crippen LogP contribution in [0.3, 0.4) is 0 Å². The number of ether oxygens (including phenoxy) is 1. The molecule has 8 nitrogen and oxygen atoms in total. The average Bonchev–Trinajstić information content (AvgIpc) is 3.10. The number of nitro benzene ring substituents is 1. The molecule has 0 aliphatic carbocycles. The summed E-state index contributed by atoms with van der Waals surface area (Å²) in [6.07, 6.45) is -0.539. The molecule has 9 heteroatoms. The first-order valence-corrected chi connectivity index (χ1v) is 9.17. The third kappa shape index (κ3) is 4.12. The number of esters is 1. The zero-order valence-corrected chi connectivity index (χ0v) is 16.4. The Morgan fingerprint density at radius 3 is 2.59 bits per heavy atom. The van der Waals surface area contributed by atoms with Crippen LogP contribution in [0.4, 0.5) is 11.4 Å². The highest BCUT2D eigenvalue weighted by Gasteiger charge is 2.28. The molecule has 150 valence electrons. The van der Waals surface area contributed by atoms with Gasteiger partial charge in [-0.25, -0.2) is 4.79 Å². The molecule has 1 aliphatic heterocycles. The van der Waals surface area contributed by atoms with Crippen molar-refractivity contribution in [3.8, 4) is 0 Å². The molecule has 0 spiro atoms. The molecule has 2 aromatic rings. The molecule has 0 N–H and O–H groups in total. The van der Waals surface area contributed by atoms with E-state index in [0.717, 1.165) is 23.4 Å². The summed E-state index contributed by atoms with van der Waals surface area (Å²) in [4.78, 5) is 48.8. The first-order valence-electron chi connectivity index (χ1n) is 8.79. The first-order chi connectivity index (χ1) is 13.7. The lowest BCUT2D eigenvalue weighted by molar-refractivity contribution is -0.385. The van der Waals surface area contributed by atoms with Gasteiger partial charge in [-0.1, -0.05) is 11.6 Å². The standard InChI is InChI=1S/C20H17ClN2O6/c1-11(29-20(26)16-10-15(21)4-6-18(16)23(27)28)19(25)14-3-5-17-13(9-14)7-8-22(17)12(2)24/h3-6,9-11H,7-8H2,1-2H3. The largest absolute Gasteiger partial charge is 0.450 e. The first kappa shape index (κ1) is 20.5. The highest BCUT2D eigenvalue weighted by Crippen LogP contribution is 2.30. The quantitative estimate of drug-likeness (QED) is 0.319. The Kier molecular flexibility index (Phi) is 5.65. The van der Waals surface area contributed by atoms with Crippen LogP contribution >= 0.6 is 11.6 Å². The molecule has 1 amide bonds. The molecule has 1 unspecified atom stereocenters. The highest BCUT2D eigenvalue weighted by atomic mass is 35.5. The minimum atomic E-state index is -1.16. The molecule has 2 aromatic carbocycles. The maximum absolute atomic E-state index is 12.7. The monoisotopic (exact) mass is 416 g/mol. The number of rotatable bonds is 5. The Bertz CT molecular complexity index is 1040. The number of anilines is 1. The number of amides is 1. The van der Waals surface area contributed by atoms with E-state index in [2.05, 4.69) is 0 Å². The smallest absolute Gasteiger partial charge is 0.345 e. The number of nitro groups is 1. The lowest BCUT2D eigenvalue weighted by atomic mass is 10.0. The van der Waals surface area contributed by atoms with Crippen LogP contribution in [0.15, 0.2) is 36.4 Å². The molecular weight excluding hydrogens is 400 g/mol. The Morgan fingerprint density at radius 1 is 1.21 bits per heavy atom. The number of ketones is 1. The topological polar surface area (TPSA) is 107 Å². The minimum absolute atomic E-state index is 0.0757. The van der Waals surface area contributed by atoms with Gasteiger partial charge in [0.05, 0.1) is 4.92 Å². The number of hydrogen-bond acceptors (Lipinski definition) is 6. The van der Waals surface area contributed by atoms with Gasteiger partial charge < -0.3 is 9.64 Å². The second-order valence-electron chi connectivity index (χ2n) is 6.59. The van der Waals surface area contributed by atoms with E-state index in [9.17, 15) is 24.5 Å². The van der Waals surface area contributed by atoms with Crippen LogP contribution in [0.25, 0.3) is 0 Å². The number of hydrogen-bond donors (Lipinski definition) is 0. The molecule has 1 atom stereocenters. The van der Waals surface area contributed by atoms with Gasteiger partial charge in [-0.05, 0) is 49.2 Å². The van der Waals surface area contributed by atoms with E-state index < -0.39 is 28.5 Å². The molecule has 0 saturated heterocycles. The SMILES string of the molecule is CC(=O)N1CCc2cc(C(=O)C(C)OC(=O)c3cc(Cl)ccc3[N+](=O)[O-])ccc21. The predicted octanol–water partition coefficient (Wildman–Crippen LogP) is 3.59. The van der Waals surface area contributed by atoms with E-state index >= 15 is 0 Å². The van der Waals surface area contributed by atoms with E-state index in [1.807, 2.05) is 0 Å². The lowest BCUT2D eigenvalue weighted by Crippen LogP contribution is -2.26. The maximum atomic E-state index is 12.7. The van der Waals surface area contributed by atoms with Crippen LogP contribution < -0.4 is 4.90 Å². The lowest BCUT2D eigenvalue weighted by Gasteiger charge is -2.16. The van der Waals surface area contributed by atoms with Crippen molar-refractivity contribution in [2.75, 3.05) is 11.4 Å². The fraction of sp³-hybridized carbons (Fsp3) is 0.250. The van der Waals surface area contributed by atoms with Gasteiger partial charge in [0.2, 0.25) is 11.7 Å². The molecule has 1 aliphatic rings. The Labute approximate surface area is 171 Å². The normalized spacial score (nSPS) is 13.6. The van der Waals surface area contributed by atoms with Crippen molar-refractivity contribution in [1.29, 1.82) is 0 Å². The highest BCUT2D eigenvalue weighted by molar-refractivity contribution is 6.31. The van der Waals surface area contributed by atoms with Gasteiger partial charge in [0.15, 0.2) is 6.10 Å². The third-order valence-corrected chi connectivity index (χ3v) is 4.90. The maximum Gasteiger partial charge on any atom is 0.345 e. The summed E-state index contributed by atoms with van der Waals surface area (Å²) in [6, 6.07) is 8.45. The summed E-state index contributed by atoms with van der Waals surface area (Å²) in [5, 5.41) is 11.3. The Morgan fingerprint density at radius 2 is 1.93 bits per heavy atom. The number of benzene rings is 2. The Balaban J connectivity index is 1.78. The van der Waals surface area contributed by atoms with Gasteiger partial charge in [-0.3, -0.25) is 19.7 Å². The number of nitrogens with zero attached hydrogens (tertiary/aromatic N) is 2. The summed E-state index contributed by atoms with van der Waals surface area (Å²) in [6.45, 7) is 3.42. The number of carbonyl (C=O) groups excluding carboxylic acids is 3. The van der Waals surface area contributed by atoms with Gasteiger partial charge >= 0.3 is 5.97 Å². The van der Waals surface area contributed by atoms with Crippen molar-refractivity contribution in [2.45, 2.75) is 26.4 Å². The van der Waals surface area contributed by atoms with Gasteiger partial charge in [-0.2, -0.15) is 0 Å². The average molecular weight is 417 g/mol. The van der Waals surface area contributed by atoms with Crippen LogP contribution in [-0.4, -0.2) is 35.2 Å². The minimum Gasteiger partial charge on any atom is -0.450 e. The number of carbonyl (C=O) groups is 3. The van der Waals surface area contributed by atoms with Gasteiger partial charge in [0.25, 0.3) is 5.69 Å². The molecule has 29 heavy (non-hydrogen) atoms. The Hall–Kier alpha value is -3.26. The molecule has 0 bridgehead atoms. The van der Waals surface area contributed by atoms with Crippen LogP contribution in [0.5, 0.6) is 0 Å². The van der Waals surface area contributed by atoms with Crippen LogP contribution in [-0.2, 0) is 16.0 Å². The molecule has 1 heterocycles. The molecular formula is C20H17ClN2O6. The van der Waals surface area contributed by atoms with E-state index in [-0.39, 0.29) is 16.5 Å². The number of Topliss-reactive ketones (excluding diaryl/α,β-unsaturated/α-hetero) is 1. The van der Waals surface area contributed by atoms with Crippen LogP contribution in [0.1, 0.15) is 40.1 Å². The van der Waals surface area contributed by atoms with E-state index in [0.29, 0.717) is 18.5 Å². The number of halogens is 1. The van der Waals surface area contributed by atoms with Crippen molar-refractivity contribution < 1.29 is 24.0 Å². The summed E-state index contributed by atoms with van der Waals surface area (Å²) in [5.74, 6) is -1.54. The van der Waals surface area contributed by atoms with Crippen molar-refractivity contribution in [3.63, 3.8) is 0 Å². The zero-order chi connectivity index (χ0) is 21.3. The van der Waals surface area contributed by atoms with E-state index in [4.69, 9.17) is 16.3 Å². The summed E-state index contributed by atoms with van der Waals surface area (Å²) in [7, 11) is 0. The summed E-state index contributed by atoms with van der Waals surface area (Å²) >= 11 is 5.82. The fourth-order valence-corrected chi connectivity index (χ4v) is 3.40. The van der Waals surface area contributed by atoms with Gasteiger partial charge in [-0.15, -0.1) is 0 Å². The van der Waals surface area contributed by atoms with Gasteiger partial charge in [0, 0.05) is 35.8 Å². The van der Waals surface area contributed by atoms with Crippen molar-refractivity contribution in [1.82, 2.24) is 0 Å². The fourth-order valence-electron chi connectivity index (χ4n) is 3.23. The summed E-state index contributed by atoms with van der Waals surface area (Å²) < 4.78 is 5.16. The summed E-state index contributed by atoms with van der Waals surface area (Å²) in [5.41, 5.74) is 1.16. The van der Waals surface area contributed by atoms with Crippen LogP contribution in [0, 0.1) is 10.1 Å².